The highest BCUT2D eigenvalue weighted by molar-refractivity contribution is 6.21. The van der Waals surface area contributed by atoms with Crippen LogP contribution in [0.4, 0.5) is 11.5 Å². The van der Waals surface area contributed by atoms with E-state index in [0.29, 0.717) is 24.0 Å². The number of nitrogens with two attached hydrogens (primary N) is 1. The van der Waals surface area contributed by atoms with Gasteiger partial charge in [-0.05, 0) is 36.6 Å². The number of aryl methyl sites for hydroxylation is 1. The minimum Gasteiger partial charge on any atom is -0.392 e. The summed E-state index contributed by atoms with van der Waals surface area (Å²) in [4.78, 5) is 34.2. The summed E-state index contributed by atoms with van der Waals surface area (Å²) in [6.45, 7) is 7.16. The summed E-state index contributed by atoms with van der Waals surface area (Å²) in [7, 11) is 0. The summed E-state index contributed by atoms with van der Waals surface area (Å²) in [5, 5.41) is 0. The molecule has 0 spiro atoms. The second kappa shape index (κ2) is 4.65. The number of carbonyl (C=O) groups excluding carboxylic acids is 2. The highest BCUT2D eigenvalue weighted by atomic mass is 16.2. The summed E-state index contributed by atoms with van der Waals surface area (Å²) in [6.07, 6.45) is 1.24. The van der Waals surface area contributed by atoms with Crippen molar-refractivity contribution in [3.8, 4) is 0 Å². The molecule has 6 heteroatoms. The van der Waals surface area contributed by atoms with Crippen LogP contribution in [0.1, 0.15) is 44.4 Å². The van der Waals surface area contributed by atoms with Gasteiger partial charge >= 0.3 is 0 Å². The van der Waals surface area contributed by atoms with Crippen molar-refractivity contribution in [2.75, 3.05) is 5.73 Å². The molecule has 0 fully saturated rings. The summed E-state index contributed by atoms with van der Waals surface area (Å²) < 4.78 is 0. The number of benzene rings is 1. The Morgan fingerprint density at radius 1 is 1.22 bits per heavy atom. The molecule has 4 rings (SSSR count). The Balaban J connectivity index is 1.80. The van der Waals surface area contributed by atoms with Crippen LogP contribution < -0.4 is 5.73 Å². The van der Waals surface area contributed by atoms with Gasteiger partial charge in [-0.15, -0.1) is 0 Å². The van der Waals surface area contributed by atoms with Crippen molar-refractivity contribution in [3.63, 3.8) is 0 Å². The number of aromatic nitrogens is 1. The van der Waals surface area contributed by atoms with Crippen molar-refractivity contribution in [1.29, 1.82) is 0 Å². The van der Waals surface area contributed by atoms with Gasteiger partial charge in [0.2, 0.25) is 5.69 Å². The van der Waals surface area contributed by atoms with Gasteiger partial charge in [0.1, 0.15) is 5.82 Å². The van der Waals surface area contributed by atoms with Crippen molar-refractivity contribution in [2.24, 2.45) is 0 Å². The number of nitrogens with zero attached hydrogens (tertiary/aromatic N) is 3. The van der Waals surface area contributed by atoms with E-state index < -0.39 is 0 Å². The Kier molecular flexibility index (Phi) is 2.72. The molecular formula is C17H12N4O2. The van der Waals surface area contributed by atoms with E-state index in [2.05, 4.69) is 9.83 Å². The number of amides is 2. The number of pyridine rings is 1. The molecule has 1 aromatic carbocycles. The lowest BCUT2D eigenvalue weighted by atomic mass is 10.1. The molecule has 6 nitrogen and oxygen atoms in total. The summed E-state index contributed by atoms with van der Waals surface area (Å²) in [5.41, 5.74) is 8.38. The van der Waals surface area contributed by atoms with E-state index >= 15 is 0 Å². The summed E-state index contributed by atoms with van der Waals surface area (Å²) >= 11 is 0. The van der Waals surface area contributed by atoms with Crippen molar-refractivity contribution in [1.82, 2.24) is 9.88 Å². The van der Waals surface area contributed by atoms with Gasteiger partial charge in [0.25, 0.3) is 11.8 Å². The Morgan fingerprint density at radius 3 is 2.48 bits per heavy atom. The van der Waals surface area contributed by atoms with Crippen LogP contribution in [-0.2, 0) is 6.42 Å². The van der Waals surface area contributed by atoms with Crippen LogP contribution in [-0.4, -0.2) is 21.7 Å². The second-order valence-electron chi connectivity index (χ2n) is 5.62. The SMILES string of the molecule is [C-]#[N+]c1cc2c(nc1N)CCC2N1C(=O)c2ccccc2C1=O. The molecule has 1 aromatic heterocycles. The number of imide groups is 1. The molecule has 0 radical (unpaired) electrons. The second-order valence-corrected chi connectivity index (χ2v) is 5.62. The molecule has 0 saturated heterocycles. The zero-order chi connectivity index (χ0) is 16.1. The molecular weight excluding hydrogens is 292 g/mol. The Bertz CT molecular complexity index is 878. The summed E-state index contributed by atoms with van der Waals surface area (Å²) in [5.74, 6) is -0.379. The predicted molar refractivity (Wildman–Crippen MR) is 82.9 cm³/mol. The van der Waals surface area contributed by atoms with E-state index in [1.165, 1.54) is 4.90 Å². The maximum absolute atomic E-state index is 12.6. The van der Waals surface area contributed by atoms with Gasteiger partial charge in [-0.25, -0.2) is 9.83 Å². The number of fused-ring (bicyclic) bond motifs is 2. The van der Waals surface area contributed by atoms with E-state index in [1.807, 2.05) is 0 Å². The predicted octanol–water partition coefficient (Wildman–Crippen LogP) is 2.50. The minimum absolute atomic E-state index is 0.196. The Labute approximate surface area is 132 Å². The van der Waals surface area contributed by atoms with E-state index in [1.54, 1.807) is 30.3 Å². The van der Waals surface area contributed by atoms with Crippen LogP contribution in [0.2, 0.25) is 0 Å². The summed E-state index contributed by atoms with van der Waals surface area (Å²) in [6, 6.07) is 8.09. The molecule has 0 bridgehead atoms. The van der Waals surface area contributed by atoms with Gasteiger partial charge in [0, 0.05) is 5.69 Å². The third kappa shape index (κ3) is 1.77. The number of carbonyl (C=O) groups is 2. The first kappa shape index (κ1) is 13.5. The number of hydrogen-bond donors (Lipinski definition) is 1. The molecule has 1 aliphatic heterocycles. The van der Waals surface area contributed by atoms with Gasteiger partial charge in [-0.1, -0.05) is 12.1 Å². The van der Waals surface area contributed by atoms with Gasteiger partial charge in [0.05, 0.1) is 23.7 Å². The molecule has 0 saturated carbocycles. The van der Waals surface area contributed by atoms with E-state index in [0.717, 1.165) is 11.3 Å². The Morgan fingerprint density at radius 2 is 1.87 bits per heavy atom. The van der Waals surface area contributed by atoms with Crippen LogP contribution in [0.3, 0.4) is 0 Å². The Hall–Kier alpha value is -3.20. The van der Waals surface area contributed by atoms with Crippen LogP contribution in [0.25, 0.3) is 4.85 Å². The molecule has 2 N–H and O–H groups in total. The van der Waals surface area contributed by atoms with Gasteiger partial charge in [0.15, 0.2) is 0 Å². The minimum atomic E-state index is -0.383. The van der Waals surface area contributed by atoms with Gasteiger partial charge < -0.3 is 5.73 Å². The van der Waals surface area contributed by atoms with Crippen molar-refractivity contribution < 1.29 is 9.59 Å². The lowest BCUT2D eigenvalue weighted by Crippen LogP contribution is -2.33. The first-order valence-corrected chi connectivity index (χ1v) is 7.25. The number of anilines is 1. The standard InChI is InChI=1S/C17H12N4O2/c1-19-13-8-11-12(20-15(13)18)6-7-14(11)21-16(22)9-4-2-3-5-10(9)17(21)23/h2-5,8,14H,6-7H2,(H2,18,20). The average Bonchev–Trinajstić information content (AvgIpc) is 3.06. The fourth-order valence-electron chi connectivity index (χ4n) is 3.34. The highest BCUT2D eigenvalue weighted by Gasteiger charge is 2.42. The third-order valence-corrected chi connectivity index (χ3v) is 4.41. The molecule has 1 atom stereocenters. The molecule has 112 valence electrons. The van der Waals surface area contributed by atoms with Crippen LogP contribution in [0, 0.1) is 6.57 Å². The monoisotopic (exact) mass is 304 g/mol. The lowest BCUT2D eigenvalue weighted by molar-refractivity contribution is 0.0582. The van der Waals surface area contributed by atoms with Crippen molar-refractivity contribution in [2.45, 2.75) is 18.9 Å². The largest absolute Gasteiger partial charge is 0.392 e. The normalized spacial score (nSPS) is 18.7. The van der Waals surface area contributed by atoms with Gasteiger partial charge in [-0.3, -0.25) is 14.5 Å². The molecule has 1 unspecified atom stereocenters. The first-order chi connectivity index (χ1) is 11.1. The highest BCUT2D eigenvalue weighted by Crippen LogP contribution is 2.41. The van der Waals surface area contributed by atoms with Gasteiger partial charge in [-0.2, -0.15) is 0 Å². The molecule has 2 aromatic rings. The topological polar surface area (TPSA) is 80.7 Å². The average molecular weight is 304 g/mol. The van der Waals surface area contributed by atoms with Crippen molar-refractivity contribution >= 4 is 23.3 Å². The number of rotatable bonds is 1. The smallest absolute Gasteiger partial charge is 0.262 e. The first-order valence-electron chi connectivity index (χ1n) is 7.25. The van der Waals surface area contributed by atoms with Crippen molar-refractivity contribution in [3.05, 3.63) is 64.1 Å². The van der Waals surface area contributed by atoms with E-state index in [4.69, 9.17) is 12.3 Å². The van der Waals surface area contributed by atoms with E-state index in [-0.39, 0.29) is 29.4 Å². The molecule has 2 aliphatic rings. The lowest BCUT2D eigenvalue weighted by Gasteiger charge is -2.23. The maximum Gasteiger partial charge on any atom is 0.262 e. The van der Waals surface area contributed by atoms with Crippen LogP contribution >= 0.6 is 0 Å². The number of nitrogen functional groups attached to an aromatic ring is 1. The zero-order valence-corrected chi connectivity index (χ0v) is 12.1. The number of hydrogen-bond acceptors (Lipinski definition) is 4. The fourth-order valence-corrected chi connectivity index (χ4v) is 3.34. The molecule has 2 heterocycles. The molecule has 23 heavy (non-hydrogen) atoms. The third-order valence-electron chi connectivity index (χ3n) is 4.41. The van der Waals surface area contributed by atoms with E-state index in [9.17, 15) is 9.59 Å². The quantitative estimate of drug-likeness (QED) is 0.648. The zero-order valence-electron chi connectivity index (χ0n) is 12.1. The maximum atomic E-state index is 12.6. The van der Waals surface area contributed by atoms with Crippen LogP contribution in [0.15, 0.2) is 30.3 Å². The molecule has 2 amide bonds. The van der Waals surface area contributed by atoms with Crippen LogP contribution in [0.5, 0.6) is 0 Å². The fraction of sp³-hybridized carbons (Fsp3) is 0.176. The molecule has 1 aliphatic carbocycles.